The fourth-order valence-electron chi connectivity index (χ4n) is 7.75. The number of rotatable bonds is 17. The molecule has 2 fully saturated rings. The molecule has 2 heterocycles. The fourth-order valence-corrected chi connectivity index (χ4v) is 10.0. The summed E-state index contributed by atoms with van der Waals surface area (Å²) in [5, 5.41) is 28.1. The van der Waals surface area contributed by atoms with Crippen LogP contribution in [0.1, 0.15) is 57.1 Å². The van der Waals surface area contributed by atoms with Crippen LogP contribution in [0.15, 0.2) is 59.6 Å². The number of benzene rings is 2. The molecule has 0 saturated carbocycles. The van der Waals surface area contributed by atoms with E-state index >= 15 is 0 Å². The molecule has 2 aromatic carbocycles. The van der Waals surface area contributed by atoms with Crippen molar-refractivity contribution < 1.29 is 53.1 Å². The van der Waals surface area contributed by atoms with E-state index in [4.69, 9.17) is 28.7 Å². The highest BCUT2D eigenvalue weighted by molar-refractivity contribution is 8.76. The van der Waals surface area contributed by atoms with Gasteiger partial charge in [-0.2, -0.15) is 0 Å². The third-order valence-electron chi connectivity index (χ3n) is 11.6. The summed E-state index contributed by atoms with van der Waals surface area (Å²) in [6.45, 7) is 2.85. The minimum atomic E-state index is -1.68. The van der Waals surface area contributed by atoms with Crippen molar-refractivity contribution in [1.82, 2.24) is 42.1 Å². The third-order valence-corrected chi connectivity index (χ3v) is 14.0. The molecule has 0 bridgehead atoms. The summed E-state index contributed by atoms with van der Waals surface area (Å²) in [4.78, 5) is 141. The van der Waals surface area contributed by atoms with Gasteiger partial charge in [0.1, 0.15) is 48.0 Å². The molecule has 0 aliphatic carbocycles. The fraction of sp³-hybridized carbons (Fsp3) is 0.500. The van der Waals surface area contributed by atoms with Gasteiger partial charge in [-0.1, -0.05) is 77.9 Å². The average molecular weight is 1060 g/mol. The molecule has 27 heteroatoms. The molecule has 3 unspecified atom stereocenters. The zero-order chi connectivity index (χ0) is 53.8. The standard InChI is InChI=1S/C46H66N14O11S2/c1-24(2)37-44(70)57-32(20-35(48)62)41(67)58-33(45(71)60-17-7-11-34(60)43(69)54-29(10-6-16-52-46(50)51)39(65)53-21-36(49)63)23-73-72-22-28(47)38(64)55-30(19-26-12-14-27(61)15-13-26)40(66)56-31(42(68)59-37)18-25-8-4-3-5-9-25/h3-5,8-9,12-15,24,28-34,37,61H,6-7,10-11,16-23,47H2,1-2H3,(H2,48,62)(H2,49,63)(H,53,65)(H,54,69)(H,55,64)(H,56,66)(H,57,70)(H,58,67)(H,59,68)(H4,50,51,52)/t28-,29+,30?,31-,32?,33-,34-,37?/m0/s1. The topological polar surface area (TPSA) is 421 Å². The van der Waals surface area contributed by atoms with E-state index in [0.717, 1.165) is 21.6 Å². The molecule has 0 spiro atoms. The van der Waals surface area contributed by atoms with E-state index in [9.17, 15) is 53.1 Å². The van der Waals surface area contributed by atoms with E-state index in [1.54, 1.807) is 56.3 Å². The normalized spacial score (nSPS) is 23.0. The smallest absolute Gasteiger partial charge is 0.246 e. The molecule has 2 aliphatic heterocycles. The number of phenols is 1. The third kappa shape index (κ3) is 19.1. The Labute approximate surface area is 429 Å². The second-order valence-corrected chi connectivity index (χ2v) is 20.3. The van der Waals surface area contributed by atoms with Crippen LogP contribution in [0, 0.1) is 5.92 Å². The van der Waals surface area contributed by atoms with Crippen molar-refractivity contribution in [2.45, 2.75) is 107 Å². The van der Waals surface area contributed by atoms with Gasteiger partial charge < -0.3 is 75.9 Å². The number of hydrogen-bond acceptors (Lipinski definition) is 15. The first kappa shape index (κ1) is 58.4. The van der Waals surface area contributed by atoms with Gasteiger partial charge in [-0.25, -0.2) is 0 Å². The molecule has 18 N–H and O–H groups in total. The molecule has 0 aromatic heterocycles. The van der Waals surface area contributed by atoms with Gasteiger partial charge in [-0.05, 0) is 54.9 Å². The van der Waals surface area contributed by atoms with E-state index in [-0.39, 0.29) is 68.4 Å². The summed E-state index contributed by atoms with van der Waals surface area (Å²) in [5.74, 6) is -9.49. The van der Waals surface area contributed by atoms with E-state index in [1.165, 1.54) is 17.0 Å². The number of hydrogen-bond donors (Lipinski definition) is 13. The number of primary amides is 2. The van der Waals surface area contributed by atoms with Gasteiger partial charge in [0.15, 0.2) is 5.96 Å². The van der Waals surface area contributed by atoms with Crippen LogP contribution in [0.5, 0.6) is 5.75 Å². The molecule has 2 aliphatic rings. The van der Waals surface area contributed by atoms with Crippen LogP contribution in [0.3, 0.4) is 0 Å². The Morgan fingerprint density at radius 1 is 0.753 bits per heavy atom. The number of phenolic OH excluding ortho intramolecular Hbond substituents is 1. The van der Waals surface area contributed by atoms with Crippen LogP contribution in [0.25, 0.3) is 0 Å². The number of nitrogens with one attached hydrogen (secondary N) is 7. The molecule has 10 amide bonds. The van der Waals surface area contributed by atoms with Gasteiger partial charge in [0.05, 0.1) is 19.0 Å². The first-order valence-electron chi connectivity index (χ1n) is 23.5. The van der Waals surface area contributed by atoms with Crippen LogP contribution >= 0.6 is 21.6 Å². The highest BCUT2D eigenvalue weighted by Crippen LogP contribution is 2.26. The Morgan fingerprint density at radius 2 is 1.34 bits per heavy atom. The summed E-state index contributed by atoms with van der Waals surface area (Å²) in [5.41, 5.74) is 29.1. The lowest BCUT2D eigenvalue weighted by molar-refractivity contribution is -0.142. The van der Waals surface area contributed by atoms with Gasteiger partial charge in [0.2, 0.25) is 59.1 Å². The molecule has 73 heavy (non-hydrogen) atoms. The lowest BCUT2D eigenvalue weighted by Crippen LogP contribution is -2.62. The summed E-state index contributed by atoms with van der Waals surface area (Å²) >= 11 is 0. The average Bonchev–Trinajstić information content (AvgIpc) is 3.84. The number of nitrogens with zero attached hydrogens (tertiary/aromatic N) is 2. The van der Waals surface area contributed by atoms with Crippen molar-refractivity contribution in [3.05, 3.63) is 65.7 Å². The molecule has 0 radical (unpaired) electrons. The minimum Gasteiger partial charge on any atom is -0.508 e. The summed E-state index contributed by atoms with van der Waals surface area (Å²) < 4.78 is 0. The lowest BCUT2D eigenvalue weighted by atomic mass is 9.99. The maximum Gasteiger partial charge on any atom is 0.246 e. The van der Waals surface area contributed by atoms with Crippen LogP contribution in [0.4, 0.5) is 0 Å². The Hall–Kier alpha value is -7.13. The zero-order valence-corrected chi connectivity index (χ0v) is 42.1. The number of aliphatic imine (C=N–C) groups is 1. The first-order valence-corrected chi connectivity index (χ1v) is 26.0. The number of carbonyl (C=O) groups excluding carboxylic acids is 10. The second kappa shape index (κ2) is 28.8. The lowest BCUT2D eigenvalue weighted by Gasteiger charge is -2.31. The van der Waals surface area contributed by atoms with Gasteiger partial charge in [-0.3, -0.25) is 52.9 Å². The minimum absolute atomic E-state index is 0.0232. The van der Waals surface area contributed by atoms with E-state index in [1.807, 2.05) is 0 Å². The van der Waals surface area contributed by atoms with Crippen molar-refractivity contribution in [2.75, 3.05) is 31.1 Å². The van der Waals surface area contributed by atoms with Crippen molar-refractivity contribution in [1.29, 1.82) is 0 Å². The maximum atomic E-state index is 14.6. The highest BCUT2D eigenvalue weighted by Gasteiger charge is 2.41. The quantitative estimate of drug-likeness (QED) is 0.0311. The molecule has 8 atom stereocenters. The van der Waals surface area contributed by atoms with Crippen LogP contribution in [-0.2, 0) is 60.8 Å². The first-order chi connectivity index (χ1) is 34.6. The predicted octanol–water partition coefficient (Wildman–Crippen LogP) is -4.01. The maximum absolute atomic E-state index is 14.6. The van der Waals surface area contributed by atoms with E-state index in [0.29, 0.717) is 17.5 Å². The van der Waals surface area contributed by atoms with Crippen molar-refractivity contribution in [3.8, 4) is 5.75 Å². The molecular weight excluding hydrogens is 989 g/mol. The van der Waals surface area contributed by atoms with Gasteiger partial charge in [-0.15, -0.1) is 0 Å². The Bertz CT molecular complexity index is 2320. The second-order valence-electron chi connectivity index (χ2n) is 17.8. The van der Waals surface area contributed by atoms with Gasteiger partial charge in [0, 0.05) is 37.4 Å². The Balaban J connectivity index is 1.68. The molecule has 398 valence electrons. The molecule has 2 saturated heterocycles. The van der Waals surface area contributed by atoms with E-state index in [2.05, 4.69) is 42.2 Å². The van der Waals surface area contributed by atoms with Crippen LogP contribution < -0.4 is 65.9 Å². The largest absolute Gasteiger partial charge is 0.508 e. The predicted molar refractivity (Wildman–Crippen MR) is 272 cm³/mol. The van der Waals surface area contributed by atoms with Gasteiger partial charge in [0.25, 0.3) is 0 Å². The monoisotopic (exact) mass is 1050 g/mol. The Morgan fingerprint density at radius 3 is 1.96 bits per heavy atom. The number of nitrogens with two attached hydrogens (primary N) is 5. The summed E-state index contributed by atoms with van der Waals surface area (Å²) in [6, 6.07) is 3.86. The van der Waals surface area contributed by atoms with Crippen molar-refractivity contribution in [2.24, 2.45) is 39.6 Å². The van der Waals surface area contributed by atoms with Crippen LogP contribution in [-0.4, -0.2) is 155 Å². The molecule has 4 rings (SSSR count). The molecular formula is C46H66N14O11S2. The van der Waals surface area contributed by atoms with E-state index < -0.39 is 126 Å². The molecule has 25 nitrogen and oxygen atoms in total. The SMILES string of the molecule is CC(C)C1NC(=O)[C@H](Cc2ccccc2)NC(=O)C(Cc2ccc(O)cc2)NC(=O)[C@@H](N)CSSC[C@@H](C(=O)N2CCC[C@H]2C(=O)N[C@H](CCCN=C(N)N)C(=O)NCC(N)=O)NC(=O)C(CC(N)=O)NC1=O. The van der Waals surface area contributed by atoms with Crippen LogP contribution in [0.2, 0.25) is 0 Å². The number of amides is 10. The molecule has 2 aromatic rings. The zero-order valence-electron chi connectivity index (χ0n) is 40.5. The number of guanidine groups is 1. The summed E-state index contributed by atoms with van der Waals surface area (Å²) in [7, 11) is 2.07. The number of aromatic hydroxyl groups is 1. The number of carbonyl (C=O) groups is 10. The Kier molecular flexibility index (Phi) is 23.0. The number of likely N-dealkylation sites (tertiary alicyclic amines) is 1. The van der Waals surface area contributed by atoms with Crippen molar-refractivity contribution in [3.63, 3.8) is 0 Å². The van der Waals surface area contributed by atoms with Crippen molar-refractivity contribution >= 4 is 86.6 Å². The summed E-state index contributed by atoms with van der Waals surface area (Å²) in [6.07, 6.45) is -0.162. The van der Waals surface area contributed by atoms with Gasteiger partial charge >= 0.3 is 0 Å². The highest BCUT2D eigenvalue weighted by atomic mass is 33.1.